The van der Waals surface area contributed by atoms with Crippen molar-refractivity contribution in [3.63, 3.8) is 0 Å². The minimum Gasteiger partial charge on any atom is -0.478 e. The molecule has 7 heteroatoms. The smallest absolute Gasteiger partial charge is 0.416 e. The Balaban J connectivity index is 1.78. The van der Waals surface area contributed by atoms with Gasteiger partial charge in [0.1, 0.15) is 11.4 Å². The van der Waals surface area contributed by atoms with Gasteiger partial charge in [0.2, 0.25) is 0 Å². The second-order valence-electron chi connectivity index (χ2n) is 9.13. The number of likely N-dealkylation sites (tertiary alicyclic amines) is 1. The molecule has 0 spiro atoms. The Bertz CT molecular complexity index is 962. The number of amides is 1. The second kappa shape index (κ2) is 9.96. The zero-order valence-electron chi connectivity index (χ0n) is 19.1. The van der Waals surface area contributed by atoms with Gasteiger partial charge in [-0.3, -0.25) is 9.80 Å². The van der Waals surface area contributed by atoms with Crippen LogP contribution in [-0.4, -0.2) is 51.8 Å². The van der Waals surface area contributed by atoms with Crippen LogP contribution in [0.5, 0.6) is 0 Å². The lowest BCUT2D eigenvalue weighted by molar-refractivity contribution is -0.131. The van der Waals surface area contributed by atoms with E-state index in [1.807, 2.05) is 20.8 Å². The number of nitrogens with zero attached hydrogens (tertiary/aromatic N) is 3. The van der Waals surface area contributed by atoms with E-state index in [0.717, 1.165) is 32.1 Å². The van der Waals surface area contributed by atoms with Gasteiger partial charge in [-0.1, -0.05) is 29.8 Å². The second-order valence-corrected chi connectivity index (χ2v) is 9.13. The van der Waals surface area contributed by atoms with Crippen molar-refractivity contribution >= 4 is 24.0 Å². The predicted molar refractivity (Wildman–Crippen MR) is 124 cm³/mol. The van der Waals surface area contributed by atoms with Crippen molar-refractivity contribution in [2.24, 2.45) is 0 Å². The highest BCUT2D eigenvalue weighted by atomic mass is 16.6. The van der Waals surface area contributed by atoms with Gasteiger partial charge in [-0.2, -0.15) is 0 Å². The van der Waals surface area contributed by atoms with Crippen molar-refractivity contribution in [1.29, 1.82) is 0 Å². The van der Waals surface area contributed by atoms with Crippen molar-refractivity contribution in [2.75, 3.05) is 18.0 Å². The monoisotopic (exact) mass is 437 g/mol. The van der Waals surface area contributed by atoms with Gasteiger partial charge in [-0.15, -0.1) is 0 Å². The van der Waals surface area contributed by atoms with Crippen LogP contribution >= 0.6 is 0 Å². The topological polar surface area (TPSA) is 83.0 Å². The summed E-state index contributed by atoms with van der Waals surface area (Å²) in [6, 6.07) is 11.9. The summed E-state index contributed by atoms with van der Waals surface area (Å²) in [5, 5.41) is 8.80. The van der Waals surface area contributed by atoms with Gasteiger partial charge in [0.05, 0.1) is 6.04 Å². The van der Waals surface area contributed by atoms with E-state index in [-0.39, 0.29) is 6.04 Å². The molecule has 2 heterocycles. The van der Waals surface area contributed by atoms with Crippen LogP contribution in [0.2, 0.25) is 0 Å². The maximum atomic E-state index is 13.1. The Morgan fingerprint density at radius 2 is 1.94 bits per heavy atom. The van der Waals surface area contributed by atoms with Crippen molar-refractivity contribution in [2.45, 2.75) is 52.3 Å². The number of carbonyl (C=O) groups excluding carboxylic acids is 1. The molecule has 0 unspecified atom stereocenters. The quantitative estimate of drug-likeness (QED) is 0.670. The lowest BCUT2D eigenvalue weighted by Crippen LogP contribution is -2.45. The first kappa shape index (κ1) is 23.5. The van der Waals surface area contributed by atoms with E-state index in [9.17, 15) is 9.59 Å². The Labute approximate surface area is 189 Å². The molecule has 1 atom stereocenters. The summed E-state index contributed by atoms with van der Waals surface area (Å²) in [5.74, 6) is -0.530. The van der Waals surface area contributed by atoms with Crippen molar-refractivity contribution in [1.82, 2.24) is 9.88 Å². The van der Waals surface area contributed by atoms with Gasteiger partial charge >= 0.3 is 12.1 Å². The van der Waals surface area contributed by atoms with Gasteiger partial charge in [0.15, 0.2) is 0 Å². The van der Waals surface area contributed by atoms with Crippen LogP contribution in [0, 0.1) is 6.92 Å². The van der Waals surface area contributed by atoms with Crippen LogP contribution in [0.25, 0.3) is 6.08 Å². The molecule has 7 nitrogen and oxygen atoms in total. The fourth-order valence-electron chi connectivity index (χ4n) is 3.67. The summed E-state index contributed by atoms with van der Waals surface area (Å²) in [7, 11) is 0. The number of anilines is 1. The van der Waals surface area contributed by atoms with E-state index in [1.54, 1.807) is 23.2 Å². The minimum absolute atomic E-state index is 0.0665. The summed E-state index contributed by atoms with van der Waals surface area (Å²) >= 11 is 0. The number of carbonyl (C=O) groups is 2. The van der Waals surface area contributed by atoms with E-state index in [2.05, 4.69) is 41.1 Å². The third-order valence-electron chi connectivity index (χ3n) is 5.17. The molecule has 1 amide bonds. The maximum absolute atomic E-state index is 13.1. The average molecular weight is 438 g/mol. The summed E-state index contributed by atoms with van der Waals surface area (Å²) in [5.41, 5.74) is 2.50. The van der Waals surface area contributed by atoms with E-state index < -0.39 is 17.7 Å². The molecule has 0 aliphatic carbocycles. The van der Waals surface area contributed by atoms with Crippen LogP contribution in [0.1, 0.15) is 43.9 Å². The van der Waals surface area contributed by atoms with Crippen LogP contribution < -0.4 is 4.90 Å². The van der Waals surface area contributed by atoms with Crippen LogP contribution in [-0.2, 0) is 16.1 Å². The number of carboxylic acids is 1. The standard InChI is InChI=1S/C25H31N3O4/c1-18-5-7-20(8-6-18)16-27-14-13-21(17-27)28(24(31)32-25(2,3)4)22-11-9-19(15-26-22)10-12-23(29)30/h5-12,15,21H,13-14,16-17H2,1-4H3,(H,29,30)/b12-10+/t21-/m1/s1. The highest BCUT2D eigenvalue weighted by Gasteiger charge is 2.35. The first-order chi connectivity index (χ1) is 15.1. The maximum Gasteiger partial charge on any atom is 0.416 e. The molecule has 1 aliphatic rings. The molecule has 1 aliphatic heterocycles. The van der Waals surface area contributed by atoms with Gasteiger partial charge in [0.25, 0.3) is 0 Å². The highest BCUT2D eigenvalue weighted by Crippen LogP contribution is 2.25. The number of hydrogen-bond acceptors (Lipinski definition) is 5. The van der Waals surface area contributed by atoms with Crippen LogP contribution in [0.15, 0.2) is 48.7 Å². The van der Waals surface area contributed by atoms with Crippen LogP contribution in [0.3, 0.4) is 0 Å². The van der Waals surface area contributed by atoms with Gasteiger partial charge in [-0.05, 0) is 63.5 Å². The van der Waals surface area contributed by atoms with Gasteiger partial charge in [-0.25, -0.2) is 14.6 Å². The molecular weight excluding hydrogens is 406 g/mol. The number of aromatic nitrogens is 1. The van der Waals surface area contributed by atoms with Gasteiger partial charge < -0.3 is 9.84 Å². The number of aliphatic carboxylic acids is 1. The van der Waals surface area contributed by atoms with E-state index >= 15 is 0 Å². The first-order valence-electron chi connectivity index (χ1n) is 10.8. The SMILES string of the molecule is Cc1ccc(CN2CC[C@@H](N(C(=O)OC(C)(C)C)c3ccc(/C=C/C(=O)O)cn3)C2)cc1. The molecule has 1 aromatic heterocycles. The molecule has 1 N–H and O–H groups in total. The number of benzene rings is 1. The zero-order valence-corrected chi connectivity index (χ0v) is 19.1. The van der Waals surface area contributed by atoms with E-state index in [0.29, 0.717) is 11.4 Å². The first-order valence-corrected chi connectivity index (χ1v) is 10.8. The Hall–Kier alpha value is -3.19. The fraction of sp³-hybridized carbons (Fsp3) is 0.400. The molecule has 1 aromatic carbocycles. The van der Waals surface area contributed by atoms with E-state index in [1.165, 1.54) is 17.2 Å². The Kier molecular flexibility index (Phi) is 7.30. The molecule has 1 fully saturated rings. The van der Waals surface area contributed by atoms with E-state index in [4.69, 9.17) is 9.84 Å². The van der Waals surface area contributed by atoms with Crippen molar-refractivity contribution in [3.05, 3.63) is 65.4 Å². The normalized spacial score (nSPS) is 16.9. The highest BCUT2D eigenvalue weighted by molar-refractivity contribution is 5.88. The molecule has 1 saturated heterocycles. The summed E-state index contributed by atoms with van der Waals surface area (Å²) in [4.78, 5) is 32.2. The number of aryl methyl sites for hydroxylation is 1. The van der Waals surface area contributed by atoms with Gasteiger partial charge in [0, 0.05) is 31.9 Å². The minimum atomic E-state index is -1.02. The lowest BCUT2D eigenvalue weighted by Gasteiger charge is -2.31. The molecule has 2 aromatic rings. The molecule has 3 rings (SSSR count). The molecular formula is C25H31N3O4. The number of carboxylic acid groups (broad SMARTS) is 1. The Morgan fingerprint density at radius 1 is 1.22 bits per heavy atom. The third-order valence-corrected chi connectivity index (χ3v) is 5.17. The lowest BCUT2D eigenvalue weighted by atomic mass is 10.1. The number of hydrogen-bond donors (Lipinski definition) is 1. The predicted octanol–water partition coefficient (Wildman–Crippen LogP) is 4.50. The average Bonchev–Trinajstić information content (AvgIpc) is 3.16. The van der Waals surface area contributed by atoms with Crippen molar-refractivity contribution in [3.8, 4) is 0 Å². The third kappa shape index (κ3) is 6.65. The zero-order chi connectivity index (χ0) is 23.3. The van der Waals surface area contributed by atoms with Crippen molar-refractivity contribution < 1.29 is 19.4 Å². The molecule has 0 radical (unpaired) electrons. The largest absolute Gasteiger partial charge is 0.478 e. The Morgan fingerprint density at radius 3 is 2.53 bits per heavy atom. The molecule has 32 heavy (non-hydrogen) atoms. The summed E-state index contributed by atoms with van der Waals surface area (Å²) in [6.07, 6.45) is 4.47. The number of pyridine rings is 1. The summed E-state index contributed by atoms with van der Waals surface area (Å²) < 4.78 is 5.68. The fourth-order valence-corrected chi connectivity index (χ4v) is 3.67. The van der Waals surface area contributed by atoms with Crippen LogP contribution in [0.4, 0.5) is 10.6 Å². The molecule has 170 valence electrons. The molecule has 0 saturated carbocycles. The summed E-state index contributed by atoms with van der Waals surface area (Å²) in [6.45, 7) is 10.0. The molecule has 0 bridgehead atoms. The number of ether oxygens (including phenoxy) is 1. The number of rotatable bonds is 6.